The topological polar surface area (TPSA) is 70.6 Å². The van der Waals surface area contributed by atoms with Crippen LogP contribution >= 0.6 is 11.3 Å². The van der Waals surface area contributed by atoms with Gasteiger partial charge in [0.2, 0.25) is 0 Å². The fourth-order valence-corrected chi connectivity index (χ4v) is 5.66. The summed E-state index contributed by atoms with van der Waals surface area (Å²) in [5, 5.41) is 17.5. The number of carbonyl (C=O) groups is 1. The molecule has 1 aliphatic heterocycles. The zero-order chi connectivity index (χ0) is 20.1. The van der Waals surface area contributed by atoms with Crippen molar-refractivity contribution in [1.29, 1.82) is 0 Å². The normalized spacial score (nSPS) is 21.4. The second kappa shape index (κ2) is 6.99. The number of benzene rings is 1. The zero-order valence-corrected chi connectivity index (χ0v) is 17.7. The number of methoxy groups -OCH3 is 1. The summed E-state index contributed by atoms with van der Waals surface area (Å²) in [6, 6.07) is 5.20. The van der Waals surface area contributed by atoms with Crippen LogP contribution in [0.25, 0.3) is 0 Å². The summed E-state index contributed by atoms with van der Waals surface area (Å²) >= 11 is 1.72. The van der Waals surface area contributed by atoms with Gasteiger partial charge in [-0.1, -0.05) is 33.3 Å². The minimum Gasteiger partial charge on any atom is -0.504 e. The average molecular weight is 401 g/mol. The third-order valence-electron chi connectivity index (χ3n) is 6.60. The van der Waals surface area contributed by atoms with Crippen LogP contribution in [0.15, 0.2) is 18.2 Å². The van der Waals surface area contributed by atoms with E-state index in [1.807, 2.05) is 6.07 Å². The number of carbonyl (C=O) groups excluding carboxylic acids is 1. The van der Waals surface area contributed by atoms with Crippen LogP contribution in [0.1, 0.15) is 66.1 Å². The van der Waals surface area contributed by atoms with Crippen molar-refractivity contribution in [2.45, 2.75) is 52.6 Å². The van der Waals surface area contributed by atoms with Gasteiger partial charge in [0.25, 0.3) is 5.91 Å². The summed E-state index contributed by atoms with van der Waals surface area (Å²) < 4.78 is 5.11. The van der Waals surface area contributed by atoms with E-state index < -0.39 is 0 Å². The maximum Gasteiger partial charge on any atom is 0.256 e. The molecule has 0 spiro atoms. The van der Waals surface area contributed by atoms with Crippen LogP contribution in [0.4, 0.5) is 5.00 Å². The molecule has 2 atom stereocenters. The van der Waals surface area contributed by atoms with Crippen molar-refractivity contribution in [2.75, 3.05) is 12.4 Å². The Morgan fingerprint density at radius 1 is 1.32 bits per heavy atom. The van der Waals surface area contributed by atoms with Gasteiger partial charge in [0.05, 0.1) is 12.7 Å². The molecule has 2 heterocycles. The van der Waals surface area contributed by atoms with Gasteiger partial charge in [0.1, 0.15) is 11.2 Å². The van der Waals surface area contributed by atoms with Gasteiger partial charge in [0.15, 0.2) is 11.5 Å². The Labute approximate surface area is 170 Å². The summed E-state index contributed by atoms with van der Waals surface area (Å²) in [6.45, 7) is 6.97. The summed E-state index contributed by atoms with van der Waals surface area (Å²) in [6.07, 6.45) is 3.97. The van der Waals surface area contributed by atoms with Crippen molar-refractivity contribution >= 4 is 22.2 Å². The van der Waals surface area contributed by atoms with Crippen LogP contribution in [-0.4, -0.2) is 18.1 Å². The van der Waals surface area contributed by atoms with E-state index in [2.05, 4.69) is 31.4 Å². The predicted molar refractivity (Wildman–Crippen MR) is 112 cm³/mol. The fourth-order valence-electron chi connectivity index (χ4n) is 4.31. The Morgan fingerprint density at radius 2 is 2.11 bits per heavy atom. The van der Waals surface area contributed by atoms with Crippen molar-refractivity contribution in [2.24, 2.45) is 11.3 Å². The lowest BCUT2D eigenvalue weighted by Gasteiger charge is -2.36. The number of phenolic OH excluding ortho intramolecular Hbond substituents is 1. The predicted octanol–water partition coefficient (Wildman–Crippen LogP) is 4.86. The first-order valence-corrected chi connectivity index (χ1v) is 10.7. The summed E-state index contributed by atoms with van der Waals surface area (Å²) in [4.78, 5) is 14.3. The number of ether oxygens (including phenoxy) is 1. The van der Waals surface area contributed by atoms with Crippen LogP contribution < -0.4 is 15.4 Å². The van der Waals surface area contributed by atoms with E-state index in [0.717, 1.165) is 35.4 Å². The lowest BCUT2D eigenvalue weighted by molar-refractivity contribution is 0.0934. The first-order chi connectivity index (χ1) is 13.3. The Balaban J connectivity index is 1.62. The van der Waals surface area contributed by atoms with E-state index >= 15 is 0 Å². The molecule has 0 bridgehead atoms. The molecule has 150 valence electrons. The highest BCUT2D eigenvalue weighted by Gasteiger charge is 2.37. The van der Waals surface area contributed by atoms with Gasteiger partial charge in [-0.25, -0.2) is 0 Å². The van der Waals surface area contributed by atoms with Crippen LogP contribution in [0.2, 0.25) is 0 Å². The fraction of sp³-hybridized carbons (Fsp3) is 0.500. The molecule has 2 unspecified atom stereocenters. The number of hydrogen-bond acceptors (Lipinski definition) is 5. The van der Waals surface area contributed by atoms with Gasteiger partial charge in [0, 0.05) is 4.88 Å². The quantitative estimate of drug-likeness (QED) is 0.686. The molecular weight excluding hydrogens is 372 g/mol. The molecule has 0 saturated heterocycles. The largest absolute Gasteiger partial charge is 0.504 e. The SMILES string of the molecule is CCC(C)(C)C1CCc2c(sc3c2C(=O)NC(c2ccc(OC)c(O)c2)N3)C1. The number of nitrogens with one attached hydrogen (secondary N) is 2. The molecule has 1 aromatic carbocycles. The lowest BCUT2D eigenvalue weighted by Crippen LogP contribution is -2.38. The van der Waals surface area contributed by atoms with Crippen molar-refractivity contribution < 1.29 is 14.6 Å². The smallest absolute Gasteiger partial charge is 0.256 e. The molecule has 28 heavy (non-hydrogen) atoms. The molecule has 1 aromatic heterocycles. The maximum atomic E-state index is 12.9. The van der Waals surface area contributed by atoms with Crippen LogP contribution in [0, 0.1) is 11.3 Å². The number of amides is 1. The highest BCUT2D eigenvalue weighted by atomic mass is 32.1. The summed E-state index contributed by atoms with van der Waals surface area (Å²) in [5.74, 6) is 1.11. The number of aromatic hydroxyl groups is 1. The second-order valence-corrected chi connectivity index (χ2v) is 9.58. The van der Waals surface area contributed by atoms with E-state index in [0.29, 0.717) is 17.1 Å². The minimum absolute atomic E-state index is 0.0280. The van der Waals surface area contributed by atoms with E-state index in [-0.39, 0.29) is 17.8 Å². The molecule has 6 heteroatoms. The molecule has 0 radical (unpaired) electrons. The second-order valence-electron chi connectivity index (χ2n) is 8.47. The average Bonchev–Trinajstić information content (AvgIpc) is 3.05. The van der Waals surface area contributed by atoms with E-state index in [9.17, 15) is 9.90 Å². The number of rotatable bonds is 4. The molecule has 2 aliphatic rings. The standard InChI is InChI=1S/C22H28N2O3S/c1-5-22(2,3)13-7-8-14-17(11-13)28-21-18(14)20(26)23-19(24-21)12-6-9-16(27-4)15(25)10-12/h6,9-10,13,19,24-25H,5,7-8,11H2,1-4H3,(H,23,26). The Morgan fingerprint density at radius 3 is 2.79 bits per heavy atom. The van der Waals surface area contributed by atoms with E-state index in [4.69, 9.17) is 4.74 Å². The van der Waals surface area contributed by atoms with Crippen molar-refractivity contribution in [3.63, 3.8) is 0 Å². The van der Waals surface area contributed by atoms with Crippen molar-refractivity contribution in [1.82, 2.24) is 5.32 Å². The van der Waals surface area contributed by atoms with Crippen LogP contribution in [-0.2, 0) is 12.8 Å². The van der Waals surface area contributed by atoms with Gasteiger partial charge in [-0.15, -0.1) is 11.3 Å². The molecule has 0 fully saturated rings. The first-order valence-electron chi connectivity index (χ1n) is 9.93. The number of thiophene rings is 1. The molecule has 5 nitrogen and oxygen atoms in total. The van der Waals surface area contributed by atoms with E-state index in [1.165, 1.54) is 24.0 Å². The third kappa shape index (κ3) is 3.13. The maximum absolute atomic E-state index is 12.9. The van der Waals surface area contributed by atoms with Gasteiger partial charge in [-0.05, 0) is 53.9 Å². The molecule has 3 N–H and O–H groups in total. The Hall–Kier alpha value is -2.21. The van der Waals surface area contributed by atoms with Crippen LogP contribution in [0.3, 0.4) is 0 Å². The summed E-state index contributed by atoms with van der Waals surface area (Å²) in [5.41, 5.74) is 3.17. The molecular formula is C22H28N2O3S. The number of anilines is 1. The van der Waals surface area contributed by atoms with Gasteiger partial charge < -0.3 is 20.5 Å². The summed E-state index contributed by atoms with van der Waals surface area (Å²) in [7, 11) is 1.52. The number of phenols is 1. The van der Waals surface area contributed by atoms with Crippen molar-refractivity contribution in [3.8, 4) is 11.5 Å². The Kier molecular flexibility index (Phi) is 4.78. The first kappa shape index (κ1) is 19.1. The van der Waals surface area contributed by atoms with E-state index in [1.54, 1.807) is 23.5 Å². The molecule has 2 aromatic rings. The monoisotopic (exact) mass is 400 g/mol. The highest BCUT2D eigenvalue weighted by molar-refractivity contribution is 7.16. The number of fused-ring (bicyclic) bond motifs is 3. The molecule has 0 saturated carbocycles. The zero-order valence-electron chi connectivity index (χ0n) is 16.9. The molecule has 1 aliphatic carbocycles. The minimum atomic E-state index is -0.361. The molecule has 1 amide bonds. The van der Waals surface area contributed by atoms with Gasteiger partial charge >= 0.3 is 0 Å². The lowest BCUT2D eigenvalue weighted by atomic mass is 9.69. The van der Waals surface area contributed by atoms with Crippen LogP contribution in [0.5, 0.6) is 11.5 Å². The third-order valence-corrected chi connectivity index (χ3v) is 7.78. The molecule has 4 rings (SSSR count). The highest BCUT2D eigenvalue weighted by Crippen LogP contribution is 2.47. The van der Waals surface area contributed by atoms with Gasteiger partial charge in [-0.2, -0.15) is 0 Å². The number of hydrogen-bond donors (Lipinski definition) is 3. The van der Waals surface area contributed by atoms with Crippen molar-refractivity contribution in [3.05, 3.63) is 39.8 Å². The van der Waals surface area contributed by atoms with Gasteiger partial charge in [-0.3, -0.25) is 4.79 Å². The Bertz CT molecular complexity index is 919.